The molecule has 42 heavy (non-hydrogen) atoms. The normalized spacial score (nSPS) is 31.5. The lowest BCUT2D eigenvalue weighted by molar-refractivity contribution is -0.141. The highest BCUT2D eigenvalue weighted by Crippen LogP contribution is 2.55. The fraction of sp³-hybridized carbons (Fsp3) is 0.500. The van der Waals surface area contributed by atoms with Crippen molar-refractivity contribution in [3.8, 4) is 0 Å². The van der Waals surface area contributed by atoms with E-state index in [-0.39, 0.29) is 23.8 Å². The molecule has 1 spiro atoms. The molecule has 2 saturated heterocycles. The summed E-state index contributed by atoms with van der Waals surface area (Å²) < 4.78 is 6.51. The second-order valence-electron chi connectivity index (χ2n) is 12.7. The largest absolute Gasteiger partial charge is 0.359 e. The highest BCUT2D eigenvalue weighted by atomic mass is 35.5. The van der Waals surface area contributed by atoms with Crippen molar-refractivity contribution >= 4 is 35.0 Å². The van der Waals surface area contributed by atoms with Crippen LogP contribution in [-0.2, 0) is 25.5 Å². The third-order valence-electron chi connectivity index (χ3n) is 9.79. The molecule has 0 aromatic heterocycles. The van der Waals surface area contributed by atoms with Crippen molar-refractivity contribution < 1.29 is 19.1 Å². The van der Waals surface area contributed by atoms with Crippen molar-refractivity contribution in [3.05, 3.63) is 76.8 Å². The zero-order chi connectivity index (χ0) is 29.6. The van der Waals surface area contributed by atoms with Gasteiger partial charge in [0.1, 0.15) is 11.6 Å². The van der Waals surface area contributed by atoms with Gasteiger partial charge in [-0.1, -0.05) is 87.7 Å². The minimum absolute atomic E-state index is 0.0534. The number of carbonyl (C=O) groups excluding carboxylic acids is 3. The van der Waals surface area contributed by atoms with Crippen LogP contribution in [0.4, 0.5) is 5.69 Å². The molecule has 222 valence electrons. The molecule has 2 bridgehead atoms. The van der Waals surface area contributed by atoms with Crippen molar-refractivity contribution in [2.45, 2.75) is 82.6 Å². The lowest BCUT2D eigenvalue weighted by atomic mass is 9.74. The fourth-order valence-corrected chi connectivity index (χ4v) is 7.65. The Morgan fingerprint density at radius 1 is 1.07 bits per heavy atom. The maximum Gasteiger partial charge on any atom is 0.246 e. The molecular weight excluding hydrogens is 550 g/mol. The lowest BCUT2D eigenvalue weighted by Crippen LogP contribution is -2.57. The number of halogens is 1. The van der Waals surface area contributed by atoms with Crippen molar-refractivity contribution in [1.82, 2.24) is 10.2 Å². The third-order valence-corrected chi connectivity index (χ3v) is 10.2. The summed E-state index contributed by atoms with van der Waals surface area (Å²) in [6.07, 6.45) is 7.87. The molecule has 6 rings (SSSR count). The second-order valence-corrected chi connectivity index (χ2v) is 13.1. The van der Waals surface area contributed by atoms with Gasteiger partial charge in [0.05, 0.1) is 17.9 Å². The van der Waals surface area contributed by atoms with Gasteiger partial charge in [-0.3, -0.25) is 14.4 Å². The molecule has 3 fully saturated rings. The summed E-state index contributed by atoms with van der Waals surface area (Å²) in [6, 6.07) is 14.5. The first-order chi connectivity index (χ1) is 20.2. The summed E-state index contributed by atoms with van der Waals surface area (Å²) in [7, 11) is 0. The van der Waals surface area contributed by atoms with Crippen molar-refractivity contribution in [3.63, 3.8) is 0 Å². The van der Waals surface area contributed by atoms with E-state index < -0.39 is 29.6 Å². The molecule has 2 aromatic carbocycles. The summed E-state index contributed by atoms with van der Waals surface area (Å²) in [5.41, 5.74) is 1.57. The van der Waals surface area contributed by atoms with Gasteiger partial charge in [-0.2, -0.15) is 0 Å². The summed E-state index contributed by atoms with van der Waals surface area (Å²) in [6.45, 7) is 6.71. The maximum absolute atomic E-state index is 14.3. The van der Waals surface area contributed by atoms with E-state index >= 15 is 0 Å². The van der Waals surface area contributed by atoms with Crippen molar-refractivity contribution in [2.75, 3.05) is 11.9 Å². The first-order valence-corrected chi connectivity index (χ1v) is 15.7. The number of nitrogens with one attached hydrogen (secondary N) is 2. The number of rotatable bonds is 8. The molecule has 1 saturated carbocycles. The average Bonchev–Trinajstić information content (AvgIpc) is 3.61. The summed E-state index contributed by atoms with van der Waals surface area (Å²) in [4.78, 5) is 43.8. The van der Waals surface area contributed by atoms with Crippen LogP contribution < -0.4 is 10.6 Å². The van der Waals surface area contributed by atoms with Crippen LogP contribution in [0.5, 0.6) is 0 Å². The van der Waals surface area contributed by atoms with Gasteiger partial charge in [0, 0.05) is 23.3 Å². The van der Waals surface area contributed by atoms with E-state index in [4.69, 9.17) is 16.3 Å². The molecule has 2 N–H and O–H groups in total. The zero-order valence-corrected chi connectivity index (χ0v) is 25.3. The predicted molar refractivity (Wildman–Crippen MR) is 163 cm³/mol. The number of nitrogens with zero attached hydrogens (tertiary/aromatic N) is 1. The molecule has 7 atom stereocenters. The van der Waals surface area contributed by atoms with E-state index in [9.17, 15) is 14.4 Å². The Kier molecular flexibility index (Phi) is 7.92. The van der Waals surface area contributed by atoms with Gasteiger partial charge in [0.25, 0.3) is 0 Å². The van der Waals surface area contributed by atoms with Gasteiger partial charge in [-0.25, -0.2) is 0 Å². The minimum Gasteiger partial charge on any atom is -0.359 e. The average molecular weight is 590 g/mol. The van der Waals surface area contributed by atoms with Crippen molar-refractivity contribution in [1.29, 1.82) is 0 Å². The van der Waals surface area contributed by atoms with Crippen LogP contribution in [0.15, 0.2) is 60.7 Å². The number of hydrogen-bond acceptors (Lipinski definition) is 4. The van der Waals surface area contributed by atoms with Gasteiger partial charge in [0.15, 0.2) is 0 Å². The van der Waals surface area contributed by atoms with Crippen LogP contribution in [0.1, 0.15) is 63.5 Å². The Morgan fingerprint density at radius 2 is 1.81 bits per heavy atom. The molecule has 8 heteroatoms. The van der Waals surface area contributed by atoms with Crippen LogP contribution in [0.25, 0.3) is 0 Å². The number of ether oxygens (including phenoxy) is 1. The van der Waals surface area contributed by atoms with E-state index in [1.807, 2.05) is 60.7 Å². The van der Waals surface area contributed by atoms with Gasteiger partial charge < -0.3 is 20.3 Å². The second kappa shape index (κ2) is 11.5. The Bertz CT molecular complexity index is 1390. The van der Waals surface area contributed by atoms with E-state index in [1.54, 1.807) is 4.90 Å². The lowest BCUT2D eigenvalue weighted by Gasteiger charge is -2.36. The number of likely N-dealkylation sites (tertiary alicyclic amines) is 1. The van der Waals surface area contributed by atoms with Gasteiger partial charge >= 0.3 is 0 Å². The molecule has 4 aliphatic rings. The summed E-state index contributed by atoms with van der Waals surface area (Å²) >= 11 is 6.44. The quantitative estimate of drug-likeness (QED) is 0.399. The Balaban J connectivity index is 1.28. The monoisotopic (exact) mass is 589 g/mol. The molecule has 1 aliphatic carbocycles. The van der Waals surface area contributed by atoms with Crippen LogP contribution in [0.2, 0.25) is 5.02 Å². The standard InChI is InChI=1S/C34H40ClN3O4/c1-20(2)22-12-14-24(15-13-22)36-31(39)28-27-16-18-34(42-27)29(28)33(41)38(19-17-23-9-5-6-10-25(23)35)30(34)32(40)37-26-11-7-4-8-21(26)3/h5-6,9-10,12-16,18,20-21,26-30H,4,7-8,11,17,19H2,1-3H3,(H,36,39)(H,37,40)/t21-,26-,27-,28+,29-,30-,34-/m1/s1. The van der Waals surface area contributed by atoms with Crippen LogP contribution >= 0.6 is 11.6 Å². The number of amides is 3. The Morgan fingerprint density at radius 3 is 2.52 bits per heavy atom. The highest BCUT2D eigenvalue weighted by Gasteiger charge is 2.72. The smallest absolute Gasteiger partial charge is 0.246 e. The molecule has 3 heterocycles. The first-order valence-electron chi connectivity index (χ1n) is 15.3. The molecule has 0 radical (unpaired) electrons. The number of carbonyl (C=O) groups is 3. The van der Waals surface area contributed by atoms with Crippen LogP contribution in [-0.4, -0.2) is 53.0 Å². The predicted octanol–water partition coefficient (Wildman–Crippen LogP) is 5.49. The zero-order valence-electron chi connectivity index (χ0n) is 24.5. The van der Waals surface area contributed by atoms with E-state index in [0.717, 1.165) is 31.2 Å². The SMILES string of the molecule is CC(C)c1ccc(NC(=O)[C@H]2[C@H]3C=C[C@@]4(O3)[C@H]2C(=O)N(CCc2ccccc2Cl)[C@@H]4C(=O)N[C@@H]2CCCC[C@H]2C)cc1. The molecule has 2 aromatic rings. The Hall–Kier alpha value is -3.16. The van der Waals surface area contributed by atoms with Crippen LogP contribution in [0.3, 0.4) is 0 Å². The van der Waals surface area contributed by atoms with E-state index in [1.165, 1.54) is 5.56 Å². The summed E-state index contributed by atoms with van der Waals surface area (Å²) in [5.74, 6) is -1.47. The fourth-order valence-electron chi connectivity index (χ4n) is 7.42. The highest BCUT2D eigenvalue weighted by molar-refractivity contribution is 6.31. The number of hydrogen-bond donors (Lipinski definition) is 2. The maximum atomic E-state index is 14.3. The van der Waals surface area contributed by atoms with E-state index in [0.29, 0.717) is 35.5 Å². The number of anilines is 1. The molecule has 3 aliphatic heterocycles. The van der Waals surface area contributed by atoms with Crippen LogP contribution in [0, 0.1) is 17.8 Å². The molecule has 3 amide bonds. The Labute approximate surface area is 253 Å². The third kappa shape index (κ3) is 5.05. The number of fused-ring (bicyclic) bond motifs is 1. The topological polar surface area (TPSA) is 87.7 Å². The van der Waals surface area contributed by atoms with E-state index in [2.05, 4.69) is 31.4 Å². The number of benzene rings is 2. The van der Waals surface area contributed by atoms with Crippen molar-refractivity contribution in [2.24, 2.45) is 17.8 Å². The van der Waals surface area contributed by atoms with Gasteiger partial charge in [-0.05, 0) is 60.4 Å². The minimum atomic E-state index is -1.19. The molecule has 7 nitrogen and oxygen atoms in total. The summed E-state index contributed by atoms with van der Waals surface area (Å²) in [5, 5.41) is 6.93. The van der Waals surface area contributed by atoms with Gasteiger partial charge in [-0.15, -0.1) is 0 Å². The first kappa shape index (κ1) is 28.9. The molecule has 0 unspecified atom stereocenters. The van der Waals surface area contributed by atoms with Gasteiger partial charge in [0.2, 0.25) is 17.7 Å². The molecular formula is C34H40ClN3O4.